The third kappa shape index (κ3) is 3.61. The molecule has 130 valence electrons. The van der Waals surface area contributed by atoms with Gasteiger partial charge in [-0.15, -0.1) is 0 Å². The average Bonchev–Trinajstić information content (AvgIpc) is 3.33. The van der Waals surface area contributed by atoms with Gasteiger partial charge in [-0.3, -0.25) is 9.59 Å². The second kappa shape index (κ2) is 7.34. The lowest BCUT2D eigenvalue weighted by Crippen LogP contribution is -3.17. The van der Waals surface area contributed by atoms with E-state index in [1.807, 2.05) is 19.1 Å². The highest BCUT2D eigenvalue weighted by Crippen LogP contribution is 2.28. The molecule has 3 rings (SSSR count). The summed E-state index contributed by atoms with van der Waals surface area (Å²) in [6.45, 7) is 6.64. The Kier molecular flexibility index (Phi) is 5.19. The first-order chi connectivity index (χ1) is 11.6. The minimum atomic E-state index is -0.218. The topological polar surface area (TPSA) is 51.1 Å². The number of quaternary nitrogens is 1. The fourth-order valence-corrected chi connectivity index (χ4v) is 3.51. The van der Waals surface area contributed by atoms with Crippen molar-refractivity contribution >= 4 is 17.5 Å². The molecule has 0 bridgehead atoms. The van der Waals surface area contributed by atoms with Crippen molar-refractivity contribution in [3.8, 4) is 5.75 Å². The van der Waals surface area contributed by atoms with Gasteiger partial charge in [0.15, 0.2) is 6.04 Å². The van der Waals surface area contributed by atoms with Crippen LogP contribution in [0.25, 0.3) is 0 Å². The van der Waals surface area contributed by atoms with E-state index in [0.29, 0.717) is 18.7 Å². The number of carbonyl (C=O) groups is 2. The van der Waals surface area contributed by atoms with Crippen LogP contribution in [0, 0.1) is 5.92 Å². The average molecular weight is 331 g/mol. The van der Waals surface area contributed by atoms with Gasteiger partial charge in [-0.1, -0.05) is 6.92 Å². The van der Waals surface area contributed by atoms with Gasteiger partial charge in [0.05, 0.1) is 31.8 Å². The smallest absolute Gasteiger partial charge is 0.292 e. The van der Waals surface area contributed by atoms with Crippen molar-refractivity contribution in [2.45, 2.75) is 45.6 Å². The van der Waals surface area contributed by atoms with Gasteiger partial charge in [0.25, 0.3) is 5.91 Å². The van der Waals surface area contributed by atoms with Crippen LogP contribution in [0.4, 0.5) is 5.69 Å². The summed E-state index contributed by atoms with van der Waals surface area (Å²) >= 11 is 0. The number of nitrogens with zero attached hydrogens (tertiary/aromatic N) is 1. The summed E-state index contributed by atoms with van der Waals surface area (Å²) in [5.41, 5.74) is 0.651. The largest absolute Gasteiger partial charge is 0.494 e. The van der Waals surface area contributed by atoms with Crippen molar-refractivity contribution in [2.24, 2.45) is 5.92 Å². The zero-order chi connectivity index (χ0) is 17.1. The lowest BCUT2D eigenvalue weighted by molar-refractivity contribution is -0.916. The predicted octanol–water partition coefficient (Wildman–Crippen LogP) is 1.42. The fourth-order valence-electron chi connectivity index (χ4n) is 3.51. The molecule has 1 aliphatic carbocycles. The number of benzene rings is 1. The van der Waals surface area contributed by atoms with Gasteiger partial charge in [0.2, 0.25) is 5.91 Å². The monoisotopic (exact) mass is 331 g/mol. The van der Waals surface area contributed by atoms with E-state index in [4.69, 9.17) is 4.74 Å². The second-order valence-corrected chi connectivity index (χ2v) is 6.81. The predicted molar refractivity (Wildman–Crippen MR) is 92.2 cm³/mol. The van der Waals surface area contributed by atoms with Gasteiger partial charge in [0, 0.05) is 5.92 Å². The molecule has 1 aliphatic heterocycles. The minimum Gasteiger partial charge on any atom is -0.494 e. The number of anilines is 1. The van der Waals surface area contributed by atoms with Crippen LogP contribution in [0.2, 0.25) is 0 Å². The minimum absolute atomic E-state index is 0.0479. The van der Waals surface area contributed by atoms with Gasteiger partial charge in [0.1, 0.15) is 5.75 Å². The first-order valence-corrected chi connectivity index (χ1v) is 9.08. The van der Waals surface area contributed by atoms with Crippen molar-refractivity contribution in [1.29, 1.82) is 0 Å². The summed E-state index contributed by atoms with van der Waals surface area (Å²) in [5, 5.41) is 0. The van der Waals surface area contributed by atoms with Crippen LogP contribution < -0.4 is 14.5 Å². The number of imide groups is 1. The summed E-state index contributed by atoms with van der Waals surface area (Å²) in [6.07, 6.45) is 3.90. The molecule has 1 aromatic rings. The van der Waals surface area contributed by atoms with Crippen LogP contribution in [0.5, 0.6) is 5.75 Å². The molecular formula is C19H27N2O3+. The van der Waals surface area contributed by atoms with Crippen LogP contribution in [-0.2, 0) is 9.59 Å². The van der Waals surface area contributed by atoms with E-state index in [2.05, 4.69) is 6.92 Å². The highest BCUT2D eigenvalue weighted by molar-refractivity contribution is 6.21. The lowest BCUT2D eigenvalue weighted by Gasteiger charge is -2.24. The summed E-state index contributed by atoms with van der Waals surface area (Å²) < 4.78 is 5.43. The molecule has 1 aromatic carbocycles. The molecule has 1 unspecified atom stereocenters. The normalized spacial score (nSPS) is 22.1. The van der Waals surface area contributed by atoms with Crippen molar-refractivity contribution in [1.82, 2.24) is 0 Å². The number of ether oxygens (including phenoxy) is 1. The van der Waals surface area contributed by atoms with E-state index in [1.165, 1.54) is 22.6 Å². The quantitative estimate of drug-likeness (QED) is 0.733. The number of hydrogen-bond acceptors (Lipinski definition) is 3. The fraction of sp³-hybridized carbons (Fsp3) is 0.579. The van der Waals surface area contributed by atoms with Crippen molar-refractivity contribution in [2.75, 3.05) is 24.6 Å². The van der Waals surface area contributed by atoms with Crippen molar-refractivity contribution in [3.63, 3.8) is 0 Å². The maximum atomic E-state index is 12.9. The Morgan fingerprint density at radius 2 is 1.88 bits per heavy atom. The van der Waals surface area contributed by atoms with Crippen LogP contribution in [0.1, 0.15) is 39.5 Å². The molecule has 5 heteroatoms. The standard InChI is InChI=1S/C19H26N2O3/c1-3-11-20(13-14-5-6-14)17-12-18(22)21(19(17)23)15-7-9-16(10-8-15)24-4-2/h7-10,14,17H,3-6,11-13H2,1-2H3/p+1/t17-/m1/s1. The highest BCUT2D eigenvalue weighted by Gasteiger charge is 2.46. The van der Waals surface area contributed by atoms with Crippen molar-refractivity contribution in [3.05, 3.63) is 24.3 Å². The Balaban J connectivity index is 1.74. The molecule has 24 heavy (non-hydrogen) atoms. The van der Waals surface area contributed by atoms with Crippen LogP contribution in [0.15, 0.2) is 24.3 Å². The Morgan fingerprint density at radius 3 is 2.46 bits per heavy atom. The van der Waals surface area contributed by atoms with E-state index in [1.54, 1.807) is 12.1 Å². The zero-order valence-corrected chi connectivity index (χ0v) is 14.6. The van der Waals surface area contributed by atoms with Gasteiger partial charge < -0.3 is 9.64 Å². The Morgan fingerprint density at radius 1 is 1.17 bits per heavy atom. The van der Waals surface area contributed by atoms with Crippen LogP contribution in [0.3, 0.4) is 0 Å². The molecule has 2 amide bonds. The Hall–Kier alpha value is -1.88. The molecule has 1 saturated heterocycles. The van der Waals surface area contributed by atoms with Crippen LogP contribution in [-0.4, -0.2) is 37.6 Å². The molecule has 0 radical (unpaired) electrons. The molecule has 5 nitrogen and oxygen atoms in total. The second-order valence-electron chi connectivity index (χ2n) is 6.81. The maximum absolute atomic E-state index is 12.9. The molecule has 0 spiro atoms. The zero-order valence-electron chi connectivity index (χ0n) is 14.6. The number of rotatable bonds is 8. The van der Waals surface area contributed by atoms with Gasteiger partial charge in [-0.25, -0.2) is 4.90 Å². The van der Waals surface area contributed by atoms with Gasteiger partial charge >= 0.3 is 0 Å². The molecular weight excluding hydrogens is 304 g/mol. The molecule has 1 heterocycles. The highest BCUT2D eigenvalue weighted by atomic mass is 16.5. The number of amides is 2. The van der Waals surface area contributed by atoms with E-state index in [9.17, 15) is 9.59 Å². The molecule has 0 aromatic heterocycles. The Labute approximate surface area is 143 Å². The third-order valence-corrected chi connectivity index (χ3v) is 4.86. The number of carbonyl (C=O) groups excluding carboxylic acids is 2. The van der Waals surface area contributed by atoms with E-state index in [-0.39, 0.29) is 17.9 Å². The third-order valence-electron chi connectivity index (χ3n) is 4.86. The number of hydrogen-bond donors (Lipinski definition) is 1. The molecule has 1 N–H and O–H groups in total. The van der Waals surface area contributed by atoms with Gasteiger partial charge in [-0.2, -0.15) is 0 Å². The molecule has 2 aliphatic rings. The first-order valence-electron chi connectivity index (χ1n) is 9.08. The first kappa shape index (κ1) is 17.0. The number of nitrogens with one attached hydrogen (secondary N) is 1. The molecule has 2 fully saturated rings. The summed E-state index contributed by atoms with van der Waals surface area (Å²) in [5.74, 6) is 1.37. The Bertz CT molecular complexity index is 595. The summed E-state index contributed by atoms with van der Waals surface area (Å²) in [4.78, 5) is 28.0. The van der Waals surface area contributed by atoms with Gasteiger partial charge in [-0.05, 0) is 50.5 Å². The maximum Gasteiger partial charge on any atom is 0.292 e. The molecule has 1 saturated carbocycles. The van der Waals surface area contributed by atoms with Crippen molar-refractivity contribution < 1.29 is 19.2 Å². The SMILES string of the molecule is CCC[NH+](CC1CC1)[C@@H]1CC(=O)N(c2ccc(OCC)cc2)C1=O. The molecule has 2 atom stereocenters. The summed E-state index contributed by atoms with van der Waals surface area (Å²) in [7, 11) is 0. The van der Waals surface area contributed by atoms with E-state index < -0.39 is 0 Å². The van der Waals surface area contributed by atoms with E-state index >= 15 is 0 Å². The lowest BCUT2D eigenvalue weighted by atomic mass is 10.2. The van der Waals surface area contributed by atoms with E-state index in [0.717, 1.165) is 31.2 Å². The summed E-state index contributed by atoms with van der Waals surface area (Å²) in [6, 6.07) is 7.00. The van der Waals surface area contributed by atoms with Crippen LogP contribution >= 0.6 is 0 Å².